The second-order valence-electron chi connectivity index (χ2n) is 8.02. The first-order chi connectivity index (χ1) is 14.8. The van der Waals surface area contributed by atoms with E-state index in [0.29, 0.717) is 19.7 Å². The lowest BCUT2D eigenvalue weighted by Crippen LogP contribution is -2.50. The van der Waals surface area contributed by atoms with Gasteiger partial charge in [0.15, 0.2) is 5.82 Å². The van der Waals surface area contributed by atoms with Gasteiger partial charge < -0.3 is 14.5 Å². The molecule has 3 aromatic rings. The molecule has 2 aliphatic rings. The van der Waals surface area contributed by atoms with E-state index in [4.69, 9.17) is 14.8 Å². The van der Waals surface area contributed by atoms with Crippen molar-refractivity contribution in [1.82, 2.24) is 19.5 Å². The number of carbonyl (C=O) groups excluding carboxylic acids is 1. The Morgan fingerprint density at radius 2 is 1.83 bits per heavy atom. The van der Waals surface area contributed by atoms with Crippen LogP contribution in [-0.2, 0) is 29.0 Å². The lowest BCUT2D eigenvalue weighted by atomic mass is 9.97. The summed E-state index contributed by atoms with van der Waals surface area (Å²) in [7, 11) is 0. The first kappa shape index (κ1) is 19.1. The van der Waals surface area contributed by atoms with Gasteiger partial charge in [0.2, 0.25) is 5.91 Å². The van der Waals surface area contributed by atoms with Crippen molar-refractivity contribution < 1.29 is 9.53 Å². The van der Waals surface area contributed by atoms with E-state index in [-0.39, 0.29) is 12.5 Å². The molecule has 0 atom stereocenters. The number of hydrogen-bond donors (Lipinski definition) is 0. The minimum atomic E-state index is 0.0541. The molecule has 30 heavy (non-hydrogen) atoms. The third kappa shape index (κ3) is 3.77. The summed E-state index contributed by atoms with van der Waals surface area (Å²) in [5.74, 6) is 1.05. The summed E-state index contributed by atoms with van der Waals surface area (Å²) in [5, 5.41) is 4.78. The van der Waals surface area contributed by atoms with Crippen LogP contribution in [0, 0.1) is 0 Å². The van der Waals surface area contributed by atoms with Crippen molar-refractivity contribution in [3.8, 4) is 0 Å². The number of anilines is 1. The van der Waals surface area contributed by atoms with Gasteiger partial charge in [-0.2, -0.15) is 5.10 Å². The Balaban J connectivity index is 1.21. The number of piperazine rings is 1. The van der Waals surface area contributed by atoms with Crippen molar-refractivity contribution in [1.29, 1.82) is 0 Å². The fourth-order valence-electron chi connectivity index (χ4n) is 4.47. The Kier molecular flexibility index (Phi) is 5.36. The molecule has 2 aromatic heterocycles. The van der Waals surface area contributed by atoms with Gasteiger partial charge in [-0.05, 0) is 31.2 Å². The second-order valence-corrected chi connectivity index (χ2v) is 8.02. The number of rotatable bonds is 5. The molecular formula is C23H27N5O2. The molecule has 1 aliphatic carbocycles. The Morgan fingerprint density at radius 1 is 1.03 bits per heavy atom. The van der Waals surface area contributed by atoms with E-state index in [9.17, 15) is 4.79 Å². The zero-order valence-electron chi connectivity index (χ0n) is 17.2. The van der Waals surface area contributed by atoms with Gasteiger partial charge in [0.1, 0.15) is 12.1 Å². The Labute approximate surface area is 176 Å². The molecule has 156 valence electrons. The average Bonchev–Trinajstić information content (AvgIpc) is 3.19. The third-order valence-electron chi connectivity index (χ3n) is 6.07. The third-order valence-corrected chi connectivity index (χ3v) is 6.07. The largest absolute Gasteiger partial charge is 0.367 e. The number of aromatic nitrogens is 3. The van der Waals surface area contributed by atoms with Crippen molar-refractivity contribution in [2.24, 2.45) is 0 Å². The van der Waals surface area contributed by atoms with Crippen molar-refractivity contribution >= 4 is 17.2 Å². The Hall–Kier alpha value is -2.93. The highest BCUT2D eigenvalue weighted by atomic mass is 16.5. The van der Waals surface area contributed by atoms with Crippen LogP contribution < -0.4 is 4.90 Å². The molecule has 1 amide bonds. The highest BCUT2D eigenvalue weighted by molar-refractivity contribution is 5.78. The molecule has 1 aromatic carbocycles. The SMILES string of the molecule is O=C(COCc1ccccc1)N1CCN(c2nccn3nc4c(c23)CCCC4)CC1. The minimum Gasteiger partial charge on any atom is -0.367 e. The van der Waals surface area contributed by atoms with Crippen LogP contribution in [0.2, 0.25) is 0 Å². The predicted molar refractivity (Wildman–Crippen MR) is 115 cm³/mol. The van der Waals surface area contributed by atoms with Gasteiger partial charge in [-0.15, -0.1) is 0 Å². The molecule has 0 bridgehead atoms. The smallest absolute Gasteiger partial charge is 0.248 e. The zero-order valence-corrected chi connectivity index (χ0v) is 17.2. The molecule has 5 rings (SSSR count). The van der Waals surface area contributed by atoms with Gasteiger partial charge in [0, 0.05) is 44.1 Å². The van der Waals surface area contributed by atoms with E-state index in [2.05, 4.69) is 4.90 Å². The molecular weight excluding hydrogens is 378 g/mol. The summed E-state index contributed by atoms with van der Waals surface area (Å²) in [6.07, 6.45) is 8.34. The zero-order chi connectivity index (χ0) is 20.3. The van der Waals surface area contributed by atoms with E-state index in [0.717, 1.165) is 42.8 Å². The lowest BCUT2D eigenvalue weighted by Gasteiger charge is -2.35. The fourth-order valence-corrected chi connectivity index (χ4v) is 4.47. The molecule has 0 unspecified atom stereocenters. The van der Waals surface area contributed by atoms with Crippen LogP contribution in [0.1, 0.15) is 29.7 Å². The van der Waals surface area contributed by atoms with Gasteiger partial charge in [-0.1, -0.05) is 30.3 Å². The highest BCUT2D eigenvalue weighted by Crippen LogP contribution is 2.30. The number of nitrogens with zero attached hydrogens (tertiary/aromatic N) is 5. The van der Waals surface area contributed by atoms with Crippen molar-refractivity contribution in [2.45, 2.75) is 32.3 Å². The maximum absolute atomic E-state index is 12.5. The molecule has 0 radical (unpaired) electrons. The Morgan fingerprint density at radius 3 is 2.67 bits per heavy atom. The molecule has 1 aliphatic heterocycles. The average molecular weight is 406 g/mol. The van der Waals surface area contributed by atoms with E-state index in [1.807, 2.05) is 52.1 Å². The topological polar surface area (TPSA) is 63.0 Å². The van der Waals surface area contributed by atoms with Crippen molar-refractivity contribution in [2.75, 3.05) is 37.7 Å². The molecule has 1 saturated heterocycles. The summed E-state index contributed by atoms with van der Waals surface area (Å²) in [4.78, 5) is 21.4. The van der Waals surface area contributed by atoms with Gasteiger partial charge in [0.05, 0.1) is 12.3 Å². The Bertz CT molecular complexity index is 1020. The number of fused-ring (bicyclic) bond motifs is 3. The number of ether oxygens (including phenoxy) is 1. The number of benzene rings is 1. The molecule has 1 fully saturated rings. The lowest BCUT2D eigenvalue weighted by molar-refractivity contribution is -0.136. The predicted octanol–water partition coefficient (Wildman–Crippen LogP) is 2.47. The van der Waals surface area contributed by atoms with Crippen molar-refractivity contribution in [3.63, 3.8) is 0 Å². The first-order valence-electron chi connectivity index (χ1n) is 10.8. The summed E-state index contributed by atoms with van der Waals surface area (Å²) >= 11 is 0. The summed E-state index contributed by atoms with van der Waals surface area (Å²) in [6, 6.07) is 9.94. The number of hydrogen-bond acceptors (Lipinski definition) is 5. The maximum Gasteiger partial charge on any atom is 0.248 e. The van der Waals surface area contributed by atoms with E-state index < -0.39 is 0 Å². The summed E-state index contributed by atoms with van der Waals surface area (Å²) < 4.78 is 7.62. The molecule has 3 heterocycles. The maximum atomic E-state index is 12.5. The monoisotopic (exact) mass is 405 g/mol. The number of carbonyl (C=O) groups is 1. The standard InChI is InChI=1S/C23H27N5O2/c29-21(17-30-16-18-6-2-1-3-7-18)26-12-14-27(15-13-26)23-22-19-8-4-5-9-20(19)25-28(22)11-10-24-23/h1-3,6-7,10-11H,4-5,8-9,12-17H2. The normalized spacial score (nSPS) is 16.7. The van der Waals surface area contributed by atoms with Crippen LogP contribution in [0.5, 0.6) is 0 Å². The molecule has 7 nitrogen and oxygen atoms in total. The fraction of sp³-hybridized carbons (Fsp3) is 0.435. The van der Waals surface area contributed by atoms with Crippen molar-refractivity contribution in [3.05, 3.63) is 59.5 Å². The first-order valence-corrected chi connectivity index (χ1v) is 10.8. The van der Waals surface area contributed by atoms with Gasteiger partial charge in [-0.25, -0.2) is 9.50 Å². The molecule has 7 heteroatoms. The minimum absolute atomic E-state index is 0.0541. The van der Waals surface area contributed by atoms with Crippen LogP contribution in [0.3, 0.4) is 0 Å². The second kappa shape index (κ2) is 8.44. The van der Waals surface area contributed by atoms with Gasteiger partial charge in [-0.3, -0.25) is 4.79 Å². The van der Waals surface area contributed by atoms with Crippen LogP contribution in [0.15, 0.2) is 42.7 Å². The van der Waals surface area contributed by atoms with Gasteiger partial charge in [0.25, 0.3) is 0 Å². The molecule has 0 saturated carbocycles. The van der Waals surface area contributed by atoms with Crippen LogP contribution in [0.25, 0.3) is 5.52 Å². The van der Waals surface area contributed by atoms with Gasteiger partial charge >= 0.3 is 0 Å². The van der Waals surface area contributed by atoms with Crippen LogP contribution in [-0.4, -0.2) is 58.2 Å². The highest BCUT2D eigenvalue weighted by Gasteiger charge is 2.26. The van der Waals surface area contributed by atoms with E-state index in [1.54, 1.807) is 0 Å². The molecule has 0 spiro atoms. The van der Waals surface area contributed by atoms with Crippen LogP contribution in [0.4, 0.5) is 5.82 Å². The number of aryl methyl sites for hydroxylation is 2. The summed E-state index contributed by atoms with van der Waals surface area (Å²) in [6.45, 7) is 3.51. The van der Waals surface area contributed by atoms with E-state index >= 15 is 0 Å². The number of amides is 1. The molecule has 0 N–H and O–H groups in total. The van der Waals surface area contributed by atoms with Crippen LogP contribution >= 0.6 is 0 Å². The summed E-state index contributed by atoms with van der Waals surface area (Å²) in [5.41, 5.74) is 4.81. The van der Waals surface area contributed by atoms with E-state index in [1.165, 1.54) is 24.1 Å². The quantitative estimate of drug-likeness (QED) is 0.653.